The number of hydrogen-bond acceptors (Lipinski definition) is 3. The quantitative estimate of drug-likeness (QED) is 0.820. The Morgan fingerprint density at radius 2 is 2.24 bits per heavy atom. The number of thioether (sulfide) groups is 1. The highest BCUT2D eigenvalue weighted by atomic mass is 32.2. The second kappa shape index (κ2) is 6.84. The van der Waals surface area contributed by atoms with Crippen molar-refractivity contribution >= 4 is 29.3 Å². The van der Waals surface area contributed by atoms with E-state index < -0.39 is 29.9 Å². The molecule has 2 N–H and O–H groups in total. The molecule has 8 heteroatoms. The molecule has 2 rings (SSSR count). The number of halogens is 3. The number of benzene rings is 1. The molecule has 0 aliphatic carbocycles. The summed E-state index contributed by atoms with van der Waals surface area (Å²) >= 11 is 0.830. The summed E-state index contributed by atoms with van der Waals surface area (Å²) in [4.78, 5) is 23.4. The predicted octanol–water partition coefficient (Wildman–Crippen LogP) is 2.40. The van der Waals surface area contributed by atoms with E-state index in [1.54, 1.807) is 0 Å². The highest BCUT2D eigenvalue weighted by molar-refractivity contribution is 7.99. The van der Waals surface area contributed by atoms with E-state index in [4.69, 9.17) is 0 Å². The molecular formula is C13H13F3N2O2S. The van der Waals surface area contributed by atoms with Crippen molar-refractivity contribution < 1.29 is 22.8 Å². The first kappa shape index (κ1) is 15.7. The summed E-state index contributed by atoms with van der Waals surface area (Å²) in [6, 6.07) is 2.88. The minimum absolute atomic E-state index is 0.131. The fourth-order valence-electron chi connectivity index (χ4n) is 1.91. The van der Waals surface area contributed by atoms with Crippen molar-refractivity contribution in [3.05, 3.63) is 24.0 Å². The minimum atomic E-state index is -2.50. The minimum Gasteiger partial charge on any atom is -0.344 e. The van der Waals surface area contributed by atoms with Gasteiger partial charge in [0, 0.05) is 11.3 Å². The van der Waals surface area contributed by atoms with Crippen molar-refractivity contribution in [2.45, 2.75) is 30.2 Å². The van der Waals surface area contributed by atoms with Crippen molar-refractivity contribution in [3.63, 3.8) is 0 Å². The Labute approximate surface area is 123 Å². The molecular weight excluding hydrogens is 305 g/mol. The molecule has 1 aromatic rings. The van der Waals surface area contributed by atoms with Gasteiger partial charge in [0.05, 0.1) is 11.4 Å². The number of anilines is 1. The molecule has 4 nitrogen and oxygen atoms in total. The lowest BCUT2D eigenvalue weighted by Gasteiger charge is -2.14. The Balaban J connectivity index is 2.08. The van der Waals surface area contributed by atoms with E-state index in [1.165, 1.54) is 6.07 Å². The van der Waals surface area contributed by atoms with E-state index in [1.807, 2.05) is 0 Å². The van der Waals surface area contributed by atoms with Crippen LogP contribution in [-0.4, -0.2) is 30.0 Å². The summed E-state index contributed by atoms with van der Waals surface area (Å²) in [6.07, 6.45) is -1.88. The van der Waals surface area contributed by atoms with Gasteiger partial charge in [-0.1, -0.05) is 0 Å². The first-order chi connectivity index (χ1) is 9.95. The van der Waals surface area contributed by atoms with Gasteiger partial charge in [-0.05, 0) is 24.6 Å². The molecule has 0 saturated carbocycles. The first-order valence-corrected chi connectivity index (χ1v) is 7.25. The van der Waals surface area contributed by atoms with Crippen LogP contribution in [0, 0.1) is 5.82 Å². The Hall–Kier alpha value is -1.70. The van der Waals surface area contributed by atoms with Gasteiger partial charge in [-0.15, -0.1) is 11.8 Å². The Morgan fingerprint density at radius 1 is 1.48 bits per heavy atom. The monoisotopic (exact) mass is 318 g/mol. The van der Waals surface area contributed by atoms with Crippen LogP contribution in [0.15, 0.2) is 23.1 Å². The molecule has 1 aromatic carbocycles. The average Bonchev–Trinajstić information content (AvgIpc) is 2.84. The summed E-state index contributed by atoms with van der Waals surface area (Å²) in [5.41, 5.74) is 0.131. The van der Waals surface area contributed by atoms with Crippen molar-refractivity contribution in [3.8, 4) is 0 Å². The topological polar surface area (TPSA) is 58.2 Å². The second-order valence-electron chi connectivity index (χ2n) is 4.49. The van der Waals surface area contributed by atoms with E-state index >= 15 is 0 Å². The standard InChI is InChI=1S/C13H13F3N2O2S/c14-7-1-3-10(21-6-11(15)16)9(5-7)18-13(20)8-2-4-12(19)17-8/h1,3,5,8,11H,2,4,6H2,(H,17,19)(H,18,20)/t8-/m0/s1. The summed E-state index contributed by atoms with van der Waals surface area (Å²) in [6.45, 7) is 0. The molecule has 21 heavy (non-hydrogen) atoms. The Bertz CT molecular complexity index is 554. The third kappa shape index (κ3) is 4.38. The van der Waals surface area contributed by atoms with E-state index in [0.29, 0.717) is 11.3 Å². The molecule has 114 valence electrons. The largest absolute Gasteiger partial charge is 0.344 e. The van der Waals surface area contributed by atoms with Crippen LogP contribution in [-0.2, 0) is 9.59 Å². The van der Waals surface area contributed by atoms with Gasteiger partial charge in [-0.25, -0.2) is 13.2 Å². The van der Waals surface area contributed by atoms with Crippen molar-refractivity contribution in [2.24, 2.45) is 0 Å². The Morgan fingerprint density at radius 3 is 2.86 bits per heavy atom. The van der Waals surface area contributed by atoms with Crippen LogP contribution in [0.1, 0.15) is 12.8 Å². The van der Waals surface area contributed by atoms with E-state index in [9.17, 15) is 22.8 Å². The lowest BCUT2D eigenvalue weighted by molar-refractivity contribution is -0.122. The van der Waals surface area contributed by atoms with Crippen LogP contribution in [0.5, 0.6) is 0 Å². The number of hydrogen-bond donors (Lipinski definition) is 2. The third-order valence-electron chi connectivity index (χ3n) is 2.88. The highest BCUT2D eigenvalue weighted by Crippen LogP contribution is 2.29. The van der Waals surface area contributed by atoms with Crippen LogP contribution in [0.25, 0.3) is 0 Å². The maximum Gasteiger partial charge on any atom is 0.247 e. The van der Waals surface area contributed by atoms with Crippen LogP contribution in [0.3, 0.4) is 0 Å². The maximum absolute atomic E-state index is 13.3. The maximum atomic E-state index is 13.3. The molecule has 1 fully saturated rings. The van der Waals surface area contributed by atoms with Crippen LogP contribution < -0.4 is 10.6 Å². The van der Waals surface area contributed by atoms with Gasteiger partial charge in [0.2, 0.25) is 18.2 Å². The third-order valence-corrected chi connectivity index (χ3v) is 3.96. The Kier molecular flexibility index (Phi) is 5.11. The number of amides is 2. The molecule has 1 aliphatic rings. The zero-order valence-electron chi connectivity index (χ0n) is 10.9. The number of carbonyl (C=O) groups is 2. The average molecular weight is 318 g/mol. The first-order valence-electron chi connectivity index (χ1n) is 6.26. The summed E-state index contributed by atoms with van der Waals surface area (Å²) < 4.78 is 37.8. The normalized spacial score (nSPS) is 17.9. The van der Waals surface area contributed by atoms with Crippen LogP contribution in [0.4, 0.5) is 18.9 Å². The number of nitrogens with one attached hydrogen (secondary N) is 2. The second-order valence-corrected chi connectivity index (χ2v) is 5.55. The zero-order chi connectivity index (χ0) is 15.4. The molecule has 1 saturated heterocycles. The molecule has 0 radical (unpaired) electrons. The summed E-state index contributed by atoms with van der Waals surface area (Å²) in [5.74, 6) is -1.73. The van der Waals surface area contributed by atoms with Gasteiger partial charge in [-0.2, -0.15) is 0 Å². The van der Waals surface area contributed by atoms with Gasteiger partial charge < -0.3 is 10.6 Å². The number of alkyl halides is 2. The van der Waals surface area contributed by atoms with Crippen molar-refractivity contribution in [1.82, 2.24) is 5.32 Å². The van der Waals surface area contributed by atoms with Gasteiger partial charge in [0.25, 0.3) is 0 Å². The number of carbonyl (C=O) groups excluding carboxylic acids is 2. The van der Waals surface area contributed by atoms with Crippen molar-refractivity contribution in [2.75, 3.05) is 11.1 Å². The fourth-order valence-corrected chi connectivity index (χ4v) is 2.64. The smallest absolute Gasteiger partial charge is 0.247 e. The van der Waals surface area contributed by atoms with E-state index in [2.05, 4.69) is 10.6 Å². The van der Waals surface area contributed by atoms with E-state index in [0.717, 1.165) is 23.9 Å². The van der Waals surface area contributed by atoms with Crippen LogP contribution >= 0.6 is 11.8 Å². The lowest BCUT2D eigenvalue weighted by atomic mass is 10.2. The summed E-state index contributed by atoms with van der Waals surface area (Å²) in [7, 11) is 0. The molecule has 2 amide bonds. The van der Waals surface area contributed by atoms with Gasteiger partial charge >= 0.3 is 0 Å². The SMILES string of the molecule is O=C1CC[C@@H](C(=O)Nc2cc(F)ccc2SCC(F)F)N1. The van der Waals surface area contributed by atoms with Crippen LogP contribution in [0.2, 0.25) is 0 Å². The highest BCUT2D eigenvalue weighted by Gasteiger charge is 2.27. The van der Waals surface area contributed by atoms with Gasteiger partial charge in [-0.3, -0.25) is 9.59 Å². The molecule has 0 bridgehead atoms. The zero-order valence-corrected chi connectivity index (χ0v) is 11.7. The molecule has 1 aliphatic heterocycles. The van der Waals surface area contributed by atoms with E-state index in [-0.39, 0.29) is 18.0 Å². The molecule has 0 unspecified atom stereocenters. The fraction of sp³-hybridized carbons (Fsp3) is 0.385. The molecule has 1 atom stereocenters. The van der Waals surface area contributed by atoms with Gasteiger partial charge in [0.15, 0.2) is 0 Å². The number of rotatable bonds is 5. The molecule has 0 spiro atoms. The predicted molar refractivity (Wildman–Crippen MR) is 72.9 cm³/mol. The lowest BCUT2D eigenvalue weighted by Crippen LogP contribution is -2.37. The van der Waals surface area contributed by atoms with Gasteiger partial charge in [0.1, 0.15) is 11.9 Å². The molecule has 1 heterocycles. The molecule has 0 aromatic heterocycles. The summed E-state index contributed by atoms with van der Waals surface area (Å²) in [5, 5.41) is 4.96. The van der Waals surface area contributed by atoms with Crippen molar-refractivity contribution in [1.29, 1.82) is 0 Å².